The molecule has 1 aliphatic rings. The van der Waals surface area contributed by atoms with Crippen LogP contribution in [0.5, 0.6) is 0 Å². The van der Waals surface area contributed by atoms with Gasteiger partial charge in [0.1, 0.15) is 0 Å². The average Bonchev–Trinajstić information content (AvgIpc) is 2.73. The van der Waals surface area contributed by atoms with Crippen LogP contribution in [0.3, 0.4) is 0 Å². The standard InChI is InChI=1S/C16H28O4/c1-10(9-12(3)15(18)19)8-11(2)14-6-7-16(5,20-14)13(4)17/h8,10,12-14,17H,6-7,9H2,1-5H3,(H,18,19)/b11-8+/t10-,12-,13+,14-,16-/m0/s1. The molecule has 1 heterocycles. The van der Waals surface area contributed by atoms with Gasteiger partial charge in [-0.1, -0.05) is 19.9 Å². The van der Waals surface area contributed by atoms with Gasteiger partial charge in [0, 0.05) is 0 Å². The number of carboxylic acids is 1. The van der Waals surface area contributed by atoms with Crippen molar-refractivity contribution in [2.24, 2.45) is 11.8 Å². The Labute approximate surface area is 121 Å². The molecule has 1 rings (SSSR count). The predicted molar refractivity (Wildman–Crippen MR) is 78.5 cm³/mol. The molecule has 4 heteroatoms. The van der Waals surface area contributed by atoms with Crippen molar-refractivity contribution in [3.05, 3.63) is 11.6 Å². The van der Waals surface area contributed by atoms with Crippen LogP contribution in [-0.2, 0) is 9.53 Å². The monoisotopic (exact) mass is 284 g/mol. The molecule has 4 nitrogen and oxygen atoms in total. The summed E-state index contributed by atoms with van der Waals surface area (Å²) in [6.45, 7) is 9.50. The number of carboxylic acid groups (broad SMARTS) is 1. The summed E-state index contributed by atoms with van der Waals surface area (Å²) in [7, 11) is 0. The molecular weight excluding hydrogens is 256 g/mol. The first-order valence-electron chi connectivity index (χ1n) is 7.42. The fraction of sp³-hybridized carbons (Fsp3) is 0.812. The van der Waals surface area contributed by atoms with Gasteiger partial charge in [0.25, 0.3) is 0 Å². The van der Waals surface area contributed by atoms with Crippen LogP contribution in [0.1, 0.15) is 53.9 Å². The van der Waals surface area contributed by atoms with Gasteiger partial charge in [0.15, 0.2) is 0 Å². The smallest absolute Gasteiger partial charge is 0.306 e. The summed E-state index contributed by atoms with van der Waals surface area (Å²) >= 11 is 0. The number of aliphatic carboxylic acids is 1. The van der Waals surface area contributed by atoms with Gasteiger partial charge in [-0.2, -0.15) is 0 Å². The number of carbonyl (C=O) groups is 1. The van der Waals surface area contributed by atoms with Crippen molar-refractivity contribution in [2.75, 3.05) is 0 Å². The van der Waals surface area contributed by atoms with Gasteiger partial charge in [-0.05, 0) is 51.5 Å². The van der Waals surface area contributed by atoms with Crippen LogP contribution in [0.15, 0.2) is 11.6 Å². The molecule has 20 heavy (non-hydrogen) atoms. The molecule has 0 unspecified atom stereocenters. The van der Waals surface area contributed by atoms with Crippen molar-refractivity contribution in [2.45, 2.75) is 71.7 Å². The highest BCUT2D eigenvalue weighted by Gasteiger charge is 2.40. The van der Waals surface area contributed by atoms with E-state index in [0.717, 1.165) is 18.4 Å². The van der Waals surface area contributed by atoms with Crippen LogP contribution in [0.2, 0.25) is 0 Å². The van der Waals surface area contributed by atoms with E-state index in [1.165, 1.54) is 0 Å². The summed E-state index contributed by atoms with van der Waals surface area (Å²) < 4.78 is 5.99. The third-order valence-corrected chi connectivity index (χ3v) is 4.40. The predicted octanol–water partition coefficient (Wildman–Crippen LogP) is 3.00. The van der Waals surface area contributed by atoms with Gasteiger partial charge in [-0.3, -0.25) is 4.79 Å². The van der Waals surface area contributed by atoms with Gasteiger partial charge in [-0.15, -0.1) is 0 Å². The van der Waals surface area contributed by atoms with E-state index < -0.39 is 17.7 Å². The van der Waals surface area contributed by atoms with Crippen LogP contribution >= 0.6 is 0 Å². The van der Waals surface area contributed by atoms with E-state index in [2.05, 4.69) is 6.08 Å². The molecule has 0 aromatic carbocycles. The summed E-state index contributed by atoms with van der Waals surface area (Å²) in [6, 6.07) is 0. The third kappa shape index (κ3) is 4.32. The Morgan fingerprint density at radius 1 is 1.45 bits per heavy atom. The molecule has 0 bridgehead atoms. The van der Waals surface area contributed by atoms with Crippen LogP contribution in [0.25, 0.3) is 0 Å². The molecule has 116 valence electrons. The topological polar surface area (TPSA) is 66.8 Å². The minimum absolute atomic E-state index is 0.0391. The second-order valence-corrected chi connectivity index (χ2v) is 6.50. The number of ether oxygens (including phenoxy) is 1. The maximum Gasteiger partial charge on any atom is 0.306 e. The number of aliphatic hydroxyl groups is 1. The van der Waals surface area contributed by atoms with Crippen molar-refractivity contribution in [1.82, 2.24) is 0 Å². The Morgan fingerprint density at radius 2 is 2.05 bits per heavy atom. The SMILES string of the molecule is C/C(=C\[C@H](C)C[C@H](C)C(=O)O)[C@@H]1CC[C@@](C)([C@@H](C)O)O1. The van der Waals surface area contributed by atoms with Crippen molar-refractivity contribution in [3.63, 3.8) is 0 Å². The summed E-state index contributed by atoms with van der Waals surface area (Å²) in [5.41, 5.74) is 0.677. The molecule has 5 atom stereocenters. The Balaban J connectivity index is 2.60. The van der Waals surface area contributed by atoms with E-state index in [4.69, 9.17) is 9.84 Å². The zero-order valence-corrected chi connectivity index (χ0v) is 13.2. The lowest BCUT2D eigenvalue weighted by Crippen LogP contribution is -2.37. The Morgan fingerprint density at radius 3 is 2.50 bits per heavy atom. The lowest BCUT2D eigenvalue weighted by atomic mass is 9.93. The quantitative estimate of drug-likeness (QED) is 0.736. The summed E-state index contributed by atoms with van der Waals surface area (Å²) in [6.07, 6.45) is 4.05. The van der Waals surface area contributed by atoms with E-state index in [1.807, 2.05) is 20.8 Å². The highest BCUT2D eigenvalue weighted by molar-refractivity contribution is 5.69. The average molecular weight is 284 g/mol. The molecule has 0 saturated carbocycles. The highest BCUT2D eigenvalue weighted by Crippen LogP contribution is 2.36. The Kier molecular flexibility index (Phi) is 5.78. The maximum absolute atomic E-state index is 10.9. The lowest BCUT2D eigenvalue weighted by molar-refractivity contribution is -0.141. The van der Waals surface area contributed by atoms with Crippen LogP contribution in [0.4, 0.5) is 0 Å². The van der Waals surface area contributed by atoms with E-state index in [-0.39, 0.29) is 17.9 Å². The number of aliphatic hydroxyl groups excluding tert-OH is 1. The fourth-order valence-corrected chi connectivity index (χ4v) is 2.77. The number of hydrogen-bond donors (Lipinski definition) is 2. The van der Waals surface area contributed by atoms with Gasteiger partial charge in [-0.25, -0.2) is 0 Å². The summed E-state index contributed by atoms with van der Waals surface area (Å²) in [5.74, 6) is -0.869. The van der Waals surface area contributed by atoms with Crippen LogP contribution in [0, 0.1) is 11.8 Å². The summed E-state index contributed by atoms with van der Waals surface area (Å²) in [5, 5.41) is 18.7. The zero-order valence-electron chi connectivity index (χ0n) is 13.2. The Bertz CT molecular complexity index is 375. The van der Waals surface area contributed by atoms with Crippen LogP contribution in [-0.4, -0.2) is 34.0 Å². The molecular formula is C16H28O4. The maximum atomic E-state index is 10.9. The van der Waals surface area contributed by atoms with Gasteiger partial charge in [0.2, 0.25) is 0 Å². The molecule has 0 amide bonds. The fourth-order valence-electron chi connectivity index (χ4n) is 2.77. The molecule has 0 aromatic heterocycles. The largest absolute Gasteiger partial charge is 0.481 e. The van der Waals surface area contributed by atoms with E-state index in [1.54, 1.807) is 13.8 Å². The Hall–Kier alpha value is -0.870. The lowest BCUT2D eigenvalue weighted by Gasteiger charge is -2.28. The van der Waals surface area contributed by atoms with E-state index in [9.17, 15) is 9.90 Å². The van der Waals surface area contributed by atoms with Gasteiger partial charge >= 0.3 is 5.97 Å². The molecule has 2 N–H and O–H groups in total. The van der Waals surface area contributed by atoms with Crippen molar-refractivity contribution >= 4 is 5.97 Å². The second kappa shape index (κ2) is 6.72. The van der Waals surface area contributed by atoms with Crippen LogP contribution < -0.4 is 0 Å². The summed E-state index contributed by atoms with van der Waals surface area (Å²) in [4.78, 5) is 10.9. The molecule has 1 aliphatic heterocycles. The van der Waals surface area contributed by atoms with E-state index >= 15 is 0 Å². The van der Waals surface area contributed by atoms with Crippen molar-refractivity contribution in [3.8, 4) is 0 Å². The van der Waals surface area contributed by atoms with Gasteiger partial charge < -0.3 is 14.9 Å². The molecule has 0 aromatic rings. The normalized spacial score (nSPS) is 31.9. The molecule has 1 saturated heterocycles. The zero-order chi connectivity index (χ0) is 15.5. The molecule has 0 spiro atoms. The van der Waals surface area contributed by atoms with Crippen molar-refractivity contribution < 1.29 is 19.7 Å². The molecule has 0 radical (unpaired) electrons. The third-order valence-electron chi connectivity index (χ3n) is 4.40. The van der Waals surface area contributed by atoms with E-state index in [0.29, 0.717) is 6.42 Å². The number of hydrogen-bond acceptors (Lipinski definition) is 3. The van der Waals surface area contributed by atoms with Crippen molar-refractivity contribution in [1.29, 1.82) is 0 Å². The minimum Gasteiger partial charge on any atom is -0.481 e. The highest BCUT2D eigenvalue weighted by atomic mass is 16.5. The molecule has 0 aliphatic carbocycles. The first kappa shape index (κ1) is 17.2. The first-order chi connectivity index (χ1) is 9.15. The minimum atomic E-state index is -0.748. The molecule has 1 fully saturated rings. The first-order valence-corrected chi connectivity index (χ1v) is 7.42. The van der Waals surface area contributed by atoms with Gasteiger partial charge in [0.05, 0.1) is 23.7 Å². The second-order valence-electron chi connectivity index (χ2n) is 6.50. The number of allylic oxidation sites excluding steroid dienone is 1. The number of rotatable bonds is 6.